The van der Waals surface area contributed by atoms with Crippen molar-refractivity contribution in [2.75, 3.05) is 13.2 Å². The summed E-state index contributed by atoms with van der Waals surface area (Å²) in [6.45, 7) is 7.94. The number of cyclic esters (lactones) is 1. The van der Waals surface area contributed by atoms with E-state index in [1.54, 1.807) is 0 Å². The van der Waals surface area contributed by atoms with Crippen LogP contribution in [0.4, 0.5) is 0 Å². The summed E-state index contributed by atoms with van der Waals surface area (Å²) in [5.41, 5.74) is -4.01. The molecule has 9 atom stereocenters. The Bertz CT molecular complexity index is 1010. The van der Waals surface area contributed by atoms with E-state index in [2.05, 4.69) is 0 Å². The molecule has 10 nitrogen and oxygen atoms in total. The number of rotatable bonds is 4. The van der Waals surface area contributed by atoms with Gasteiger partial charge < -0.3 is 28.5 Å². The molecule has 2 bridgehead atoms. The van der Waals surface area contributed by atoms with Crippen molar-refractivity contribution in [1.29, 1.82) is 0 Å². The predicted molar refractivity (Wildman–Crippen MR) is 120 cm³/mol. The first kappa shape index (κ1) is 25.2. The molecule has 0 N–H and O–H groups in total. The molecule has 0 amide bonds. The van der Waals surface area contributed by atoms with E-state index in [0.29, 0.717) is 32.3 Å². The molecule has 2 heterocycles. The van der Waals surface area contributed by atoms with Crippen LogP contribution in [0.3, 0.4) is 0 Å². The monoisotopic (exact) mass is 506 g/mol. The Balaban J connectivity index is 1.77. The molecule has 5 aliphatic rings. The minimum atomic E-state index is -1.42. The number of ether oxygens (including phenoxy) is 5. The first-order chi connectivity index (χ1) is 16.8. The zero-order chi connectivity index (χ0) is 26.3. The molecule has 10 heteroatoms. The van der Waals surface area contributed by atoms with Crippen LogP contribution in [-0.2, 0) is 47.7 Å². The third-order valence-corrected chi connectivity index (χ3v) is 9.64. The van der Waals surface area contributed by atoms with Crippen molar-refractivity contribution < 1.29 is 47.7 Å². The van der Waals surface area contributed by atoms with E-state index in [1.807, 2.05) is 13.8 Å². The summed E-state index contributed by atoms with van der Waals surface area (Å²) in [6.07, 6.45) is 0.0474. The number of epoxide rings is 1. The lowest BCUT2D eigenvalue weighted by atomic mass is 9.43. The topological polar surface area (TPSA) is 135 Å². The van der Waals surface area contributed by atoms with E-state index in [0.717, 1.165) is 6.29 Å². The van der Waals surface area contributed by atoms with E-state index in [9.17, 15) is 24.0 Å². The van der Waals surface area contributed by atoms with E-state index in [-0.39, 0.29) is 12.5 Å². The lowest BCUT2D eigenvalue weighted by Gasteiger charge is -2.63. The SMILES string of the molecule is CC(=O)OC1CC2CC3(C(=O)OCC4(C(OC(C)=O)CCC(C)(C)C4C=O)C13)C(OC(C)=O)C21CO1. The van der Waals surface area contributed by atoms with Crippen LogP contribution >= 0.6 is 0 Å². The van der Waals surface area contributed by atoms with Gasteiger partial charge in [0.05, 0.1) is 12.0 Å². The molecule has 3 aliphatic carbocycles. The fraction of sp³-hybridized carbons (Fsp3) is 0.808. The molecule has 0 radical (unpaired) electrons. The molecule has 2 saturated heterocycles. The Labute approximate surface area is 209 Å². The molecule has 2 aliphatic heterocycles. The highest BCUT2D eigenvalue weighted by molar-refractivity contribution is 5.83. The van der Waals surface area contributed by atoms with Gasteiger partial charge in [-0.1, -0.05) is 13.8 Å². The molecule has 5 rings (SSSR count). The van der Waals surface area contributed by atoms with Gasteiger partial charge in [-0.2, -0.15) is 0 Å². The highest BCUT2D eigenvalue weighted by Gasteiger charge is 2.84. The lowest BCUT2D eigenvalue weighted by molar-refractivity contribution is -0.269. The minimum Gasteiger partial charge on any atom is -0.464 e. The molecule has 9 unspecified atom stereocenters. The number of carbonyl (C=O) groups is 5. The Kier molecular flexibility index (Phi) is 5.60. The fourth-order valence-electron chi connectivity index (χ4n) is 8.50. The summed E-state index contributed by atoms with van der Waals surface area (Å²) in [5, 5.41) is 0. The third-order valence-electron chi connectivity index (χ3n) is 9.64. The van der Waals surface area contributed by atoms with Crippen LogP contribution in [0.15, 0.2) is 0 Å². The summed E-state index contributed by atoms with van der Waals surface area (Å²) >= 11 is 0. The van der Waals surface area contributed by atoms with Gasteiger partial charge in [0.1, 0.15) is 42.2 Å². The molecular weight excluding hydrogens is 472 g/mol. The summed E-state index contributed by atoms with van der Waals surface area (Å²) < 4.78 is 29.4. The van der Waals surface area contributed by atoms with Gasteiger partial charge in [0.15, 0.2) is 0 Å². The third kappa shape index (κ3) is 3.22. The van der Waals surface area contributed by atoms with E-state index in [4.69, 9.17) is 23.7 Å². The first-order valence-corrected chi connectivity index (χ1v) is 12.6. The molecule has 198 valence electrons. The maximum Gasteiger partial charge on any atom is 0.316 e. The molecule has 3 spiro atoms. The van der Waals surface area contributed by atoms with E-state index < -0.39 is 75.9 Å². The Morgan fingerprint density at radius 3 is 2.19 bits per heavy atom. The van der Waals surface area contributed by atoms with Gasteiger partial charge in [0, 0.05) is 32.6 Å². The highest BCUT2D eigenvalue weighted by atomic mass is 16.6. The van der Waals surface area contributed by atoms with Crippen molar-refractivity contribution in [3.63, 3.8) is 0 Å². The largest absolute Gasteiger partial charge is 0.464 e. The summed E-state index contributed by atoms with van der Waals surface area (Å²) in [5.74, 6) is -3.88. The van der Waals surface area contributed by atoms with Gasteiger partial charge in [0.25, 0.3) is 0 Å². The Morgan fingerprint density at radius 2 is 1.64 bits per heavy atom. The van der Waals surface area contributed by atoms with Gasteiger partial charge in [-0.05, 0) is 37.0 Å². The molecule has 0 aromatic carbocycles. The quantitative estimate of drug-likeness (QED) is 0.240. The predicted octanol–water partition coefficient (Wildman–Crippen LogP) is 1.76. The smallest absolute Gasteiger partial charge is 0.316 e. The van der Waals surface area contributed by atoms with Crippen molar-refractivity contribution in [1.82, 2.24) is 0 Å². The molecule has 5 fully saturated rings. The molecular formula is C26H34O10. The van der Waals surface area contributed by atoms with Crippen molar-refractivity contribution in [3.8, 4) is 0 Å². The van der Waals surface area contributed by atoms with Crippen LogP contribution in [0.25, 0.3) is 0 Å². The Hall–Kier alpha value is -2.49. The maximum absolute atomic E-state index is 13.9. The van der Waals surface area contributed by atoms with Crippen molar-refractivity contribution in [3.05, 3.63) is 0 Å². The summed E-state index contributed by atoms with van der Waals surface area (Å²) in [7, 11) is 0. The molecule has 3 saturated carbocycles. The fourth-order valence-corrected chi connectivity index (χ4v) is 8.50. The van der Waals surface area contributed by atoms with Crippen molar-refractivity contribution in [2.45, 2.75) is 84.2 Å². The normalized spacial score (nSPS) is 45.9. The van der Waals surface area contributed by atoms with E-state index in [1.165, 1.54) is 20.8 Å². The second kappa shape index (κ2) is 8.00. The first-order valence-electron chi connectivity index (χ1n) is 12.6. The van der Waals surface area contributed by atoms with Crippen LogP contribution in [0.1, 0.15) is 60.3 Å². The van der Waals surface area contributed by atoms with Crippen molar-refractivity contribution >= 4 is 30.2 Å². The summed E-state index contributed by atoms with van der Waals surface area (Å²) in [4.78, 5) is 63.6. The number of aldehydes is 1. The van der Waals surface area contributed by atoms with Gasteiger partial charge in [0.2, 0.25) is 0 Å². The average molecular weight is 507 g/mol. The summed E-state index contributed by atoms with van der Waals surface area (Å²) in [6, 6.07) is 0. The van der Waals surface area contributed by atoms with Gasteiger partial charge in [-0.25, -0.2) is 0 Å². The molecule has 0 aromatic rings. The second-order valence-corrected chi connectivity index (χ2v) is 12.0. The zero-order valence-electron chi connectivity index (χ0n) is 21.4. The van der Waals surface area contributed by atoms with E-state index >= 15 is 0 Å². The van der Waals surface area contributed by atoms with Gasteiger partial charge >= 0.3 is 23.9 Å². The standard InChI is InChI=1S/C26H34O10/c1-13(28)34-17-8-16-9-24(21(36-15(3)30)26(16)12-33-26)20(17)25(11-32-22(24)31)18(10-27)23(4,5)7-6-19(25)35-14(2)29/h10,16-21H,6-9,11-12H2,1-5H3. The number of esters is 4. The molecule has 36 heavy (non-hydrogen) atoms. The number of hydrogen-bond donors (Lipinski definition) is 0. The number of carbonyl (C=O) groups excluding carboxylic acids is 5. The van der Waals surface area contributed by atoms with Crippen LogP contribution in [0, 0.1) is 34.0 Å². The van der Waals surface area contributed by atoms with Crippen LogP contribution in [0.5, 0.6) is 0 Å². The highest BCUT2D eigenvalue weighted by Crippen LogP contribution is 2.73. The zero-order valence-corrected chi connectivity index (χ0v) is 21.4. The maximum atomic E-state index is 13.9. The number of fused-ring (bicyclic) bond motifs is 3. The lowest BCUT2D eigenvalue weighted by Crippen LogP contribution is -2.72. The second-order valence-electron chi connectivity index (χ2n) is 12.0. The van der Waals surface area contributed by atoms with Gasteiger partial charge in [-0.3, -0.25) is 19.2 Å². The van der Waals surface area contributed by atoms with Crippen molar-refractivity contribution in [2.24, 2.45) is 34.0 Å². The van der Waals surface area contributed by atoms with Gasteiger partial charge in [-0.15, -0.1) is 0 Å². The minimum absolute atomic E-state index is 0.174. The average Bonchev–Trinajstić information content (AvgIpc) is 3.54. The Morgan fingerprint density at radius 1 is 1.00 bits per heavy atom. The van der Waals surface area contributed by atoms with Crippen LogP contribution in [-0.4, -0.2) is 67.3 Å². The molecule has 0 aromatic heterocycles. The van der Waals surface area contributed by atoms with Crippen LogP contribution < -0.4 is 0 Å². The van der Waals surface area contributed by atoms with Crippen LogP contribution in [0.2, 0.25) is 0 Å². The number of hydrogen-bond acceptors (Lipinski definition) is 10.